The van der Waals surface area contributed by atoms with Gasteiger partial charge in [-0.2, -0.15) is 0 Å². The van der Waals surface area contributed by atoms with Gasteiger partial charge in [-0.1, -0.05) is 18.2 Å². The number of benzene rings is 1. The summed E-state index contributed by atoms with van der Waals surface area (Å²) in [5.41, 5.74) is 0.952. The van der Waals surface area contributed by atoms with Gasteiger partial charge in [0.2, 0.25) is 5.91 Å². The lowest BCUT2D eigenvalue weighted by Gasteiger charge is -2.24. The van der Waals surface area contributed by atoms with E-state index in [2.05, 4.69) is 10.6 Å². The summed E-state index contributed by atoms with van der Waals surface area (Å²) in [5.74, 6) is 0.889. The minimum absolute atomic E-state index is 0. The molecule has 118 valence electrons. The molecule has 1 saturated heterocycles. The van der Waals surface area contributed by atoms with E-state index in [1.54, 1.807) is 0 Å². The summed E-state index contributed by atoms with van der Waals surface area (Å²) in [6, 6.07) is 8.07. The zero-order valence-electron chi connectivity index (χ0n) is 12.7. The summed E-state index contributed by atoms with van der Waals surface area (Å²) < 4.78 is 5.75. The zero-order chi connectivity index (χ0) is 14.4. The van der Waals surface area contributed by atoms with Gasteiger partial charge in [-0.3, -0.25) is 4.79 Å². The standard InChI is InChI=1S/C16H24N2O2.ClH/c1-12(2)20-15-6-4-3-5-13(15)11-16(19)18-14-7-9-17-10-8-14;/h3-6,12,14,17H,7-11H2,1-2H3,(H,18,19);1H. The molecule has 5 heteroatoms. The van der Waals surface area contributed by atoms with Gasteiger partial charge in [0.15, 0.2) is 0 Å². The summed E-state index contributed by atoms with van der Waals surface area (Å²) >= 11 is 0. The summed E-state index contributed by atoms with van der Waals surface area (Å²) in [4.78, 5) is 12.1. The van der Waals surface area contributed by atoms with Crippen molar-refractivity contribution in [2.45, 2.75) is 45.3 Å². The van der Waals surface area contributed by atoms with Gasteiger partial charge >= 0.3 is 0 Å². The second kappa shape index (κ2) is 8.90. The van der Waals surface area contributed by atoms with Gasteiger partial charge in [0.1, 0.15) is 5.75 Å². The molecule has 2 rings (SSSR count). The summed E-state index contributed by atoms with van der Waals surface area (Å²) in [6.45, 7) is 5.95. The number of rotatable bonds is 5. The van der Waals surface area contributed by atoms with Gasteiger partial charge in [-0.05, 0) is 45.8 Å². The van der Waals surface area contributed by atoms with Crippen LogP contribution >= 0.6 is 12.4 Å². The van der Waals surface area contributed by atoms with Gasteiger partial charge in [0, 0.05) is 11.6 Å². The Morgan fingerprint density at radius 2 is 2.00 bits per heavy atom. The monoisotopic (exact) mass is 312 g/mol. The van der Waals surface area contributed by atoms with Crippen molar-refractivity contribution in [3.63, 3.8) is 0 Å². The fourth-order valence-corrected chi connectivity index (χ4v) is 2.44. The van der Waals surface area contributed by atoms with Gasteiger partial charge < -0.3 is 15.4 Å². The smallest absolute Gasteiger partial charge is 0.224 e. The molecule has 0 atom stereocenters. The Kier molecular flexibility index (Phi) is 7.54. The van der Waals surface area contributed by atoms with Crippen LogP contribution in [0.5, 0.6) is 5.75 Å². The van der Waals surface area contributed by atoms with Crippen molar-refractivity contribution in [2.24, 2.45) is 0 Å². The van der Waals surface area contributed by atoms with Crippen molar-refractivity contribution < 1.29 is 9.53 Å². The molecule has 1 heterocycles. The molecule has 0 saturated carbocycles. The fourth-order valence-electron chi connectivity index (χ4n) is 2.44. The molecule has 0 aliphatic carbocycles. The molecule has 1 fully saturated rings. The Hall–Kier alpha value is -1.26. The van der Waals surface area contributed by atoms with E-state index in [1.165, 1.54) is 0 Å². The second-order valence-corrected chi connectivity index (χ2v) is 5.54. The first-order chi connectivity index (χ1) is 9.65. The van der Waals surface area contributed by atoms with Crippen molar-refractivity contribution in [1.82, 2.24) is 10.6 Å². The van der Waals surface area contributed by atoms with Crippen LogP contribution in [0.1, 0.15) is 32.3 Å². The Morgan fingerprint density at radius 3 is 2.67 bits per heavy atom. The van der Waals surface area contributed by atoms with Crippen molar-refractivity contribution in [3.05, 3.63) is 29.8 Å². The third-order valence-electron chi connectivity index (χ3n) is 3.39. The number of carbonyl (C=O) groups excluding carboxylic acids is 1. The number of hydrogen-bond donors (Lipinski definition) is 2. The number of amides is 1. The summed E-state index contributed by atoms with van der Waals surface area (Å²) in [6.07, 6.45) is 2.52. The lowest BCUT2D eigenvalue weighted by molar-refractivity contribution is -0.121. The van der Waals surface area contributed by atoms with Crippen LogP contribution in [-0.2, 0) is 11.2 Å². The summed E-state index contributed by atoms with van der Waals surface area (Å²) in [7, 11) is 0. The average molecular weight is 313 g/mol. The number of halogens is 1. The molecule has 0 radical (unpaired) electrons. The molecule has 0 spiro atoms. The third-order valence-corrected chi connectivity index (χ3v) is 3.39. The van der Waals surface area contributed by atoms with Gasteiger partial charge in [-0.15, -0.1) is 12.4 Å². The fraction of sp³-hybridized carbons (Fsp3) is 0.562. The first-order valence-electron chi connectivity index (χ1n) is 7.40. The third kappa shape index (κ3) is 5.94. The molecule has 0 aromatic heterocycles. The number of nitrogens with one attached hydrogen (secondary N) is 2. The molecule has 1 aromatic carbocycles. The van der Waals surface area contributed by atoms with E-state index < -0.39 is 0 Å². The van der Waals surface area contributed by atoms with E-state index in [4.69, 9.17) is 4.74 Å². The Labute approximate surface area is 133 Å². The van der Waals surface area contributed by atoms with Crippen LogP contribution in [0, 0.1) is 0 Å². The molecule has 2 N–H and O–H groups in total. The molecular weight excluding hydrogens is 288 g/mol. The van der Waals surface area contributed by atoms with E-state index in [1.807, 2.05) is 38.1 Å². The van der Waals surface area contributed by atoms with Crippen LogP contribution in [0.4, 0.5) is 0 Å². The van der Waals surface area contributed by atoms with E-state index in [0.717, 1.165) is 37.2 Å². The highest BCUT2D eigenvalue weighted by Gasteiger charge is 2.16. The minimum atomic E-state index is 0. The highest BCUT2D eigenvalue weighted by Crippen LogP contribution is 2.20. The summed E-state index contributed by atoms with van der Waals surface area (Å²) in [5, 5.41) is 6.41. The number of carbonyl (C=O) groups is 1. The molecule has 0 unspecified atom stereocenters. The van der Waals surface area contributed by atoms with Crippen molar-refractivity contribution >= 4 is 18.3 Å². The quantitative estimate of drug-likeness (QED) is 0.877. The van der Waals surface area contributed by atoms with Crippen LogP contribution in [-0.4, -0.2) is 31.1 Å². The highest BCUT2D eigenvalue weighted by atomic mass is 35.5. The van der Waals surface area contributed by atoms with Gasteiger partial charge in [0.25, 0.3) is 0 Å². The molecule has 1 aliphatic rings. The zero-order valence-corrected chi connectivity index (χ0v) is 13.5. The number of hydrogen-bond acceptors (Lipinski definition) is 3. The predicted octanol–water partition coefficient (Wildman–Crippen LogP) is 2.31. The van der Waals surface area contributed by atoms with E-state index in [0.29, 0.717) is 12.5 Å². The maximum atomic E-state index is 12.1. The number of para-hydroxylation sites is 1. The van der Waals surface area contributed by atoms with Crippen molar-refractivity contribution in [2.75, 3.05) is 13.1 Å². The lowest BCUT2D eigenvalue weighted by Crippen LogP contribution is -2.43. The Bertz CT molecular complexity index is 446. The maximum absolute atomic E-state index is 12.1. The van der Waals surface area contributed by atoms with Crippen LogP contribution in [0.2, 0.25) is 0 Å². The van der Waals surface area contributed by atoms with E-state index in [9.17, 15) is 4.79 Å². The molecule has 1 aliphatic heterocycles. The van der Waals surface area contributed by atoms with Crippen molar-refractivity contribution in [3.8, 4) is 5.75 Å². The largest absolute Gasteiger partial charge is 0.491 e. The number of ether oxygens (including phenoxy) is 1. The van der Waals surface area contributed by atoms with E-state index >= 15 is 0 Å². The van der Waals surface area contributed by atoms with Crippen LogP contribution in [0.15, 0.2) is 24.3 Å². The van der Waals surface area contributed by atoms with Crippen molar-refractivity contribution in [1.29, 1.82) is 0 Å². The number of piperidine rings is 1. The Balaban J connectivity index is 0.00000220. The Morgan fingerprint density at radius 1 is 1.33 bits per heavy atom. The second-order valence-electron chi connectivity index (χ2n) is 5.54. The molecular formula is C16H25ClN2O2. The minimum Gasteiger partial charge on any atom is -0.491 e. The lowest BCUT2D eigenvalue weighted by atomic mass is 10.1. The molecule has 1 amide bonds. The van der Waals surface area contributed by atoms with Gasteiger partial charge in [-0.25, -0.2) is 0 Å². The maximum Gasteiger partial charge on any atom is 0.224 e. The van der Waals surface area contributed by atoms with Gasteiger partial charge in [0.05, 0.1) is 12.5 Å². The highest BCUT2D eigenvalue weighted by molar-refractivity contribution is 5.85. The average Bonchev–Trinajstić information content (AvgIpc) is 2.41. The molecule has 4 nitrogen and oxygen atoms in total. The van der Waals surface area contributed by atoms with Crippen LogP contribution in [0.25, 0.3) is 0 Å². The normalized spacial score (nSPS) is 15.4. The van der Waals surface area contributed by atoms with Crippen LogP contribution < -0.4 is 15.4 Å². The first kappa shape index (κ1) is 17.8. The van der Waals surface area contributed by atoms with Crippen LogP contribution in [0.3, 0.4) is 0 Å². The first-order valence-corrected chi connectivity index (χ1v) is 7.40. The molecule has 0 bridgehead atoms. The molecule has 21 heavy (non-hydrogen) atoms. The predicted molar refractivity (Wildman–Crippen MR) is 87.2 cm³/mol. The van der Waals surface area contributed by atoms with E-state index in [-0.39, 0.29) is 24.4 Å². The topological polar surface area (TPSA) is 50.4 Å². The SMILES string of the molecule is CC(C)Oc1ccccc1CC(=O)NC1CCNCC1.Cl. The molecule has 1 aromatic rings.